The second-order valence-corrected chi connectivity index (χ2v) is 6.71. The molecule has 1 N–H and O–H groups in total. The third kappa shape index (κ3) is 6.13. The number of nitrogens with zero attached hydrogens (tertiary/aromatic N) is 1. The summed E-state index contributed by atoms with van der Waals surface area (Å²) in [7, 11) is 1.63. The fourth-order valence-corrected chi connectivity index (χ4v) is 3.01. The van der Waals surface area contributed by atoms with E-state index < -0.39 is 6.09 Å². The number of hydrogen-bond acceptors (Lipinski definition) is 4. The van der Waals surface area contributed by atoms with E-state index in [1.54, 1.807) is 13.2 Å². The summed E-state index contributed by atoms with van der Waals surface area (Å²) in [5.74, 6) is 0.649. The molecule has 2 atom stereocenters. The van der Waals surface area contributed by atoms with E-state index in [9.17, 15) is 9.90 Å². The fourth-order valence-electron chi connectivity index (χ4n) is 3.01. The maximum absolute atomic E-state index is 12.8. The van der Waals surface area contributed by atoms with E-state index in [2.05, 4.69) is 13.2 Å². The van der Waals surface area contributed by atoms with Crippen LogP contribution in [0.1, 0.15) is 18.4 Å². The average Bonchev–Trinajstić information content (AvgIpc) is 2.74. The maximum Gasteiger partial charge on any atom is 0.414 e. The Bertz CT molecular complexity index is 723. The number of aliphatic hydroxyl groups is 1. The average molecular weight is 383 g/mol. The molecular weight excluding hydrogens is 354 g/mol. The van der Waals surface area contributed by atoms with E-state index in [-0.39, 0.29) is 25.0 Å². The van der Waals surface area contributed by atoms with Gasteiger partial charge in [-0.25, -0.2) is 4.79 Å². The molecule has 1 aromatic rings. The van der Waals surface area contributed by atoms with E-state index in [4.69, 9.17) is 9.47 Å². The van der Waals surface area contributed by atoms with Gasteiger partial charge in [0.05, 0.1) is 13.7 Å². The van der Waals surface area contributed by atoms with E-state index >= 15 is 0 Å². The van der Waals surface area contributed by atoms with Crippen molar-refractivity contribution in [3.63, 3.8) is 0 Å². The summed E-state index contributed by atoms with van der Waals surface area (Å²) in [6.45, 7) is 8.29. The Morgan fingerprint density at radius 3 is 2.71 bits per heavy atom. The van der Waals surface area contributed by atoms with E-state index in [0.717, 1.165) is 17.7 Å². The first-order valence-corrected chi connectivity index (χ1v) is 9.40. The van der Waals surface area contributed by atoms with Crippen LogP contribution in [0.25, 0.3) is 0 Å². The molecular formula is C23H29NO4. The van der Waals surface area contributed by atoms with Gasteiger partial charge in [0.1, 0.15) is 12.4 Å². The predicted octanol–water partition coefficient (Wildman–Crippen LogP) is 4.43. The molecule has 1 amide bonds. The summed E-state index contributed by atoms with van der Waals surface area (Å²) in [6.07, 6.45) is 8.45. The van der Waals surface area contributed by atoms with Crippen LogP contribution in [-0.2, 0) is 16.1 Å². The lowest BCUT2D eigenvalue weighted by atomic mass is 9.97. The van der Waals surface area contributed by atoms with Crippen molar-refractivity contribution < 1.29 is 19.4 Å². The summed E-state index contributed by atoms with van der Waals surface area (Å²) >= 11 is 0. The summed E-state index contributed by atoms with van der Waals surface area (Å²) in [6, 6.07) is 9.53. The molecule has 1 aliphatic rings. The molecule has 0 saturated heterocycles. The van der Waals surface area contributed by atoms with Crippen LogP contribution in [0.5, 0.6) is 0 Å². The number of carbonyl (C=O) groups is 1. The number of methoxy groups -OCH3 is 1. The quantitative estimate of drug-likeness (QED) is 0.607. The van der Waals surface area contributed by atoms with Crippen molar-refractivity contribution in [2.24, 2.45) is 11.8 Å². The first kappa shape index (κ1) is 21.5. The fraction of sp³-hybridized carbons (Fsp3) is 0.348. The Labute approximate surface area is 167 Å². The first-order chi connectivity index (χ1) is 13.6. The molecule has 150 valence electrons. The number of amides is 1. The zero-order valence-corrected chi connectivity index (χ0v) is 16.4. The molecule has 0 bridgehead atoms. The number of aliphatic hydroxyl groups excluding tert-OH is 1. The minimum atomic E-state index is -0.466. The van der Waals surface area contributed by atoms with Crippen molar-refractivity contribution in [1.29, 1.82) is 0 Å². The molecule has 2 rings (SSSR count). The molecule has 0 aliphatic heterocycles. The molecule has 0 aromatic heterocycles. The zero-order chi connectivity index (χ0) is 20.4. The summed E-state index contributed by atoms with van der Waals surface area (Å²) < 4.78 is 10.7. The van der Waals surface area contributed by atoms with Crippen LogP contribution >= 0.6 is 0 Å². The molecule has 1 aliphatic carbocycles. The van der Waals surface area contributed by atoms with Crippen LogP contribution in [0.3, 0.4) is 0 Å². The van der Waals surface area contributed by atoms with Crippen molar-refractivity contribution in [2.45, 2.75) is 19.4 Å². The topological polar surface area (TPSA) is 59.0 Å². The van der Waals surface area contributed by atoms with Crippen molar-refractivity contribution >= 4 is 6.09 Å². The van der Waals surface area contributed by atoms with Gasteiger partial charge in [0, 0.05) is 18.2 Å². The number of allylic oxidation sites excluding steroid dienone is 3. The summed E-state index contributed by atoms with van der Waals surface area (Å²) in [5.41, 5.74) is 1.45. The largest absolute Gasteiger partial charge is 0.497 e. The molecule has 0 fully saturated rings. The van der Waals surface area contributed by atoms with Crippen molar-refractivity contribution in [3.05, 3.63) is 84.8 Å². The third-order valence-corrected chi connectivity index (χ3v) is 4.72. The standard InChI is InChI=1S/C23H29NO4/c1-4-8-21(16-25)18(2)24(15-19-11-13-22(27-3)14-12-19)23(26)28-17-20-9-6-5-7-10-20/h4-7,9-11,13-14,19,21,25H,1-2,8,12,15-17H2,3H3. The van der Waals surface area contributed by atoms with Crippen molar-refractivity contribution in [1.82, 2.24) is 4.90 Å². The molecule has 2 unspecified atom stereocenters. The zero-order valence-electron chi connectivity index (χ0n) is 16.4. The van der Waals surface area contributed by atoms with Gasteiger partial charge in [0.15, 0.2) is 0 Å². The summed E-state index contributed by atoms with van der Waals surface area (Å²) in [4.78, 5) is 14.4. The van der Waals surface area contributed by atoms with E-state index in [1.807, 2.05) is 48.6 Å². The van der Waals surface area contributed by atoms with Crippen LogP contribution in [0.4, 0.5) is 4.79 Å². The van der Waals surface area contributed by atoms with Gasteiger partial charge < -0.3 is 14.6 Å². The Morgan fingerprint density at radius 2 is 2.14 bits per heavy atom. The smallest absolute Gasteiger partial charge is 0.414 e. The van der Waals surface area contributed by atoms with Crippen LogP contribution in [0, 0.1) is 11.8 Å². The monoisotopic (exact) mass is 383 g/mol. The number of ether oxygens (including phenoxy) is 2. The van der Waals surface area contributed by atoms with E-state index in [1.165, 1.54) is 4.90 Å². The molecule has 28 heavy (non-hydrogen) atoms. The Morgan fingerprint density at radius 1 is 1.39 bits per heavy atom. The normalized spacial score (nSPS) is 16.6. The Kier molecular flexibility index (Phi) is 8.56. The minimum Gasteiger partial charge on any atom is -0.497 e. The van der Waals surface area contributed by atoms with Crippen LogP contribution in [0.15, 0.2) is 79.2 Å². The van der Waals surface area contributed by atoms with Gasteiger partial charge in [-0.3, -0.25) is 4.90 Å². The third-order valence-electron chi connectivity index (χ3n) is 4.72. The second-order valence-electron chi connectivity index (χ2n) is 6.71. The van der Waals surface area contributed by atoms with Crippen LogP contribution in [0.2, 0.25) is 0 Å². The van der Waals surface area contributed by atoms with Gasteiger partial charge in [-0.05, 0) is 36.5 Å². The molecule has 0 heterocycles. The lowest BCUT2D eigenvalue weighted by Gasteiger charge is -2.31. The van der Waals surface area contributed by atoms with E-state index in [0.29, 0.717) is 18.7 Å². The second kappa shape index (κ2) is 11.1. The predicted molar refractivity (Wildman–Crippen MR) is 110 cm³/mol. The molecule has 0 spiro atoms. The highest BCUT2D eigenvalue weighted by atomic mass is 16.6. The van der Waals surface area contributed by atoms with Gasteiger partial charge in [0.25, 0.3) is 0 Å². The number of benzene rings is 1. The van der Waals surface area contributed by atoms with Gasteiger partial charge in [-0.2, -0.15) is 0 Å². The maximum atomic E-state index is 12.8. The van der Waals surface area contributed by atoms with Gasteiger partial charge in [-0.15, -0.1) is 6.58 Å². The van der Waals surface area contributed by atoms with Crippen molar-refractivity contribution in [3.8, 4) is 0 Å². The molecule has 0 radical (unpaired) electrons. The minimum absolute atomic E-state index is 0.110. The highest BCUT2D eigenvalue weighted by molar-refractivity contribution is 5.70. The highest BCUT2D eigenvalue weighted by Crippen LogP contribution is 2.24. The van der Waals surface area contributed by atoms with Crippen LogP contribution < -0.4 is 0 Å². The Hall–Kier alpha value is -2.79. The van der Waals surface area contributed by atoms with Gasteiger partial charge >= 0.3 is 6.09 Å². The number of hydrogen-bond donors (Lipinski definition) is 1. The lowest BCUT2D eigenvalue weighted by molar-refractivity contribution is 0.0967. The molecule has 1 aromatic carbocycles. The van der Waals surface area contributed by atoms with Crippen molar-refractivity contribution in [2.75, 3.05) is 20.3 Å². The lowest BCUT2D eigenvalue weighted by Crippen LogP contribution is -2.37. The summed E-state index contributed by atoms with van der Waals surface area (Å²) in [5, 5.41) is 9.71. The Balaban J connectivity index is 2.09. The SMILES string of the molecule is C=CCC(CO)C(=C)N(CC1C=CC(OC)=CC1)C(=O)OCc1ccccc1. The van der Waals surface area contributed by atoms with Gasteiger partial charge in [0.2, 0.25) is 0 Å². The van der Waals surface area contributed by atoms with Crippen LogP contribution in [-0.4, -0.2) is 36.4 Å². The number of rotatable bonds is 10. The number of carbonyl (C=O) groups excluding carboxylic acids is 1. The molecule has 5 nitrogen and oxygen atoms in total. The molecule has 0 saturated carbocycles. The highest BCUT2D eigenvalue weighted by Gasteiger charge is 2.26. The van der Waals surface area contributed by atoms with Gasteiger partial charge in [-0.1, -0.05) is 49.1 Å². The molecule has 5 heteroatoms. The first-order valence-electron chi connectivity index (χ1n) is 9.40.